The lowest BCUT2D eigenvalue weighted by atomic mass is 10.2. The highest BCUT2D eigenvalue weighted by Gasteiger charge is 2.45. The van der Waals surface area contributed by atoms with E-state index in [1.807, 2.05) is 0 Å². The Morgan fingerprint density at radius 3 is 1.20 bits per heavy atom. The molecule has 4 amide bonds. The quantitative estimate of drug-likeness (QED) is 0.279. The molecule has 3 aliphatic heterocycles. The number of amides is 4. The summed E-state index contributed by atoms with van der Waals surface area (Å²) < 4.78 is 0. The van der Waals surface area contributed by atoms with Gasteiger partial charge in [0.1, 0.15) is 24.7 Å². The van der Waals surface area contributed by atoms with Crippen LogP contribution in [-0.4, -0.2) is 36.7 Å². The van der Waals surface area contributed by atoms with E-state index in [1.165, 1.54) is 0 Å². The molecule has 0 aromatic heterocycles. The van der Waals surface area contributed by atoms with Gasteiger partial charge in [0.25, 0.3) is 0 Å². The van der Waals surface area contributed by atoms with E-state index in [1.54, 1.807) is 0 Å². The summed E-state index contributed by atoms with van der Waals surface area (Å²) in [6.07, 6.45) is -0.763. The van der Waals surface area contributed by atoms with Crippen molar-refractivity contribution in [3.8, 4) is 0 Å². The van der Waals surface area contributed by atoms with E-state index in [0.717, 1.165) is 0 Å². The van der Waals surface area contributed by atoms with Gasteiger partial charge in [-0.2, -0.15) is 0 Å². The molecule has 0 saturated carbocycles. The van der Waals surface area contributed by atoms with Gasteiger partial charge in [0, 0.05) is 0 Å². The lowest BCUT2D eigenvalue weighted by molar-refractivity contribution is 0.207. The summed E-state index contributed by atoms with van der Waals surface area (Å²) in [6.45, 7) is 0. The Kier molecular flexibility index (Phi) is 2.33. The van der Waals surface area contributed by atoms with Crippen LogP contribution < -0.4 is 31.9 Å². The SMILES string of the molecule is Cl.O=C1NC2NC3NC(=O)NC3NC2N1. The molecule has 0 spiro atoms. The van der Waals surface area contributed by atoms with Crippen molar-refractivity contribution < 1.29 is 9.59 Å². The van der Waals surface area contributed by atoms with E-state index < -0.39 is 0 Å². The van der Waals surface area contributed by atoms with Gasteiger partial charge >= 0.3 is 12.1 Å². The maximum Gasteiger partial charge on any atom is 0.317 e. The molecule has 8 nitrogen and oxygen atoms in total. The maximum absolute atomic E-state index is 11.0. The van der Waals surface area contributed by atoms with Crippen molar-refractivity contribution in [1.82, 2.24) is 31.9 Å². The molecule has 3 fully saturated rings. The average molecular weight is 235 g/mol. The van der Waals surface area contributed by atoms with Gasteiger partial charge in [0.05, 0.1) is 0 Å². The van der Waals surface area contributed by atoms with Gasteiger partial charge < -0.3 is 21.3 Å². The van der Waals surface area contributed by atoms with Gasteiger partial charge in [0.15, 0.2) is 0 Å². The fraction of sp³-hybridized carbons (Fsp3) is 0.667. The largest absolute Gasteiger partial charge is 0.319 e. The Hall–Kier alpha value is -1.25. The Morgan fingerprint density at radius 1 is 0.667 bits per heavy atom. The van der Waals surface area contributed by atoms with E-state index in [-0.39, 0.29) is 49.1 Å². The number of urea groups is 2. The van der Waals surface area contributed by atoms with E-state index in [0.29, 0.717) is 0 Å². The second-order valence-electron chi connectivity index (χ2n) is 3.48. The molecule has 3 aliphatic rings. The van der Waals surface area contributed by atoms with Crippen molar-refractivity contribution >= 4 is 24.5 Å². The van der Waals surface area contributed by atoms with Gasteiger partial charge in [-0.15, -0.1) is 12.4 Å². The monoisotopic (exact) mass is 234 g/mol. The molecule has 15 heavy (non-hydrogen) atoms. The fourth-order valence-electron chi connectivity index (χ4n) is 1.92. The Bertz CT molecular complexity index is 258. The molecule has 0 aromatic rings. The summed E-state index contributed by atoms with van der Waals surface area (Å²) >= 11 is 0. The number of carbonyl (C=O) groups excluding carboxylic acids is 2. The van der Waals surface area contributed by atoms with Crippen molar-refractivity contribution in [2.75, 3.05) is 0 Å². The van der Waals surface area contributed by atoms with Crippen LogP contribution in [0.1, 0.15) is 0 Å². The summed E-state index contributed by atoms with van der Waals surface area (Å²) in [7, 11) is 0. The first-order chi connectivity index (χ1) is 6.72. The Morgan fingerprint density at radius 2 is 0.933 bits per heavy atom. The zero-order valence-electron chi connectivity index (χ0n) is 7.53. The molecule has 6 N–H and O–H groups in total. The highest BCUT2D eigenvalue weighted by Crippen LogP contribution is 2.08. The van der Waals surface area contributed by atoms with E-state index in [2.05, 4.69) is 31.9 Å². The molecule has 84 valence electrons. The maximum atomic E-state index is 11.0. The predicted octanol–water partition coefficient (Wildman–Crippen LogP) is -2.47. The van der Waals surface area contributed by atoms with Crippen molar-refractivity contribution in [2.45, 2.75) is 24.7 Å². The number of piperazine rings is 1. The van der Waals surface area contributed by atoms with Gasteiger partial charge in [-0.05, 0) is 0 Å². The van der Waals surface area contributed by atoms with Crippen molar-refractivity contribution in [3.63, 3.8) is 0 Å². The first kappa shape index (κ1) is 10.3. The van der Waals surface area contributed by atoms with Gasteiger partial charge in [0.2, 0.25) is 0 Å². The second kappa shape index (κ2) is 3.40. The average Bonchev–Trinajstić information content (AvgIpc) is 2.59. The van der Waals surface area contributed by atoms with Crippen LogP contribution in [0.25, 0.3) is 0 Å². The minimum atomic E-state index is -0.216. The Balaban J connectivity index is 0.000000853. The molecule has 3 rings (SSSR count). The topological polar surface area (TPSA) is 106 Å². The third-order valence-electron chi connectivity index (χ3n) is 2.53. The first-order valence-electron chi connectivity index (χ1n) is 4.38. The highest BCUT2D eigenvalue weighted by atomic mass is 35.5. The third-order valence-corrected chi connectivity index (χ3v) is 2.53. The minimum Gasteiger partial charge on any atom is -0.319 e. The lowest BCUT2D eigenvalue weighted by Crippen LogP contribution is -2.71. The summed E-state index contributed by atoms with van der Waals surface area (Å²) in [6, 6.07) is -0.433. The summed E-state index contributed by atoms with van der Waals surface area (Å²) in [5.41, 5.74) is 0. The van der Waals surface area contributed by atoms with Crippen molar-refractivity contribution in [2.24, 2.45) is 0 Å². The van der Waals surface area contributed by atoms with Crippen LogP contribution >= 0.6 is 12.4 Å². The molecular weight excluding hydrogens is 224 g/mol. The van der Waals surface area contributed by atoms with Crippen LogP contribution in [-0.2, 0) is 0 Å². The minimum absolute atomic E-state index is 0. The number of rotatable bonds is 0. The summed E-state index contributed by atoms with van der Waals surface area (Å²) in [5, 5.41) is 16.9. The van der Waals surface area contributed by atoms with Gasteiger partial charge in [-0.3, -0.25) is 10.6 Å². The van der Waals surface area contributed by atoms with Gasteiger partial charge in [-0.25, -0.2) is 9.59 Å². The van der Waals surface area contributed by atoms with Crippen LogP contribution in [0.3, 0.4) is 0 Å². The van der Waals surface area contributed by atoms with Crippen LogP contribution in [0, 0.1) is 0 Å². The summed E-state index contributed by atoms with van der Waals surface area (Å²) in [5.74, 6) is 0. The van der Waals surface area contributed by atoms with Crippen LogP contribution in [0.4, 0.5) is 9.59 Å². The van der Waals surface area contributed by atoms with E-state index in [9.17, 15) is 9.59 Å². The molecule has 0 aromatic carbocycles. The number of hydrogen-bond donors (Lipinski definition) is 6. The molecule has 9 heteroatoms. The van der Waals surface area contributed by atoms with Crippen LogP contribution in [0.2, 0.25) is 0 Å². The fourth-order valence-corrected chi connectivity index (χ4v) is 1.92. The molecule has 3 heterocycles. The zero-order valence-corrected chi connectivity index (χ0v) is 8.35. The normalized spacial score (nSPS) is 41.3. The van der Waals surface area contributed by atoms with Crippen LogP contribution in [0.15, 0.2) is 0 Å². The number of hydrogen-bond acceptors (Lipinski definition) is 4. The number of fused-ring (bicyclic) bond motifs is 2. The van der Waals surface area contributed by atoms with E-state index in [4.69, 9.17) is 0 Å². The Labute approximate surface area is 91.3 Å². The number of nitrogens with one attached hydrogen (secondary N) is 6. The number of carbonyl (C=O) groups is 2. The zero-order chi connectivity index (χ0) is 9.71. The lowest BCUT2D eigenvalue weighted by Gasteiger charge is -2.34. The molecule has 0 bridgehead atoms. The predicted molar refractivity (Wildman–Crippen MR) is 52.0 cm³/mol. The van der Waals surface area contributed by atoms with Crippen LogP contribution in [0.5, 0.6) is 0 Å². The molecule has 0 aliphatic carbocycles. The molecule has 4 atom stereocenters. The number of halogens is 1. The molecule has 3 saturated heterocycles. The molecule has 0 radical (unpaired) electrons. The first-order valence-corrected chi connectivity index (χ1v) is 4.38. The standard InChI is InChI=1S/C6H10N6O2.ClH/c13-5-9-1-2(10-5)8-4-3(7-1)11-6(14)12-4;/h1-4,7-8H,(H2,9,10,13)(H2,11,12,14);1H. The van der Waals surface area contributed by atoms with E-state index >= 15 is 0 Å². The smallest absolute Gasteiger partial charge is 0.317 e. The van der Waals surface area contributed by atoms with Crippen molar-refractivity contribution in [1.29, 1.82) is 0 Å². The third kappa shape index (κ3) is 1.56. The summed E-state index contributed by atoms with van der Waals surface area (Å²) in [4.78, 5) is 22.0. The molecular formula is C6H11ClN6O2. The molecule has 4 unspecified atom stereocenters. The van der Waals surface area contributed by atoms with Gasteiger partial charge in [-0.1, -0.05) is 0 Å². The van der Waals surface area contributed by atoms with Crippen molar-refractivity contribution in [3.05, 3.63) is 0 Å². The second-order valence-corrected chi connectivity index (χ2v) is 3.48. The highest BCUT2D eigenvalue weighted by molar-refractivity contribution is 5.85.